The van der Waals surface area contributed by atoms with Crippen molar-refractivity contribution in [1.29, 1.82) is 5.26 Å². The third kappa shape index (κ3) is 6.44. The maximum atomic E-state index is 13.2. The summed E-state index contributed by atoms with van der Waals surface area (Å²) in [6.45, 7) is 6.08. The Balaban J connectivity index is 1.55. The lowest BCUT2D eigenvalue weighted by molar-refractivity contribution is -0.137. The molecule has 3 amide bonds. The Morgan fingerprint density at radius 2 is 1.93 bits per heavy atom. The van der Waals surface area contributed by atoms with Gasteiger partial charge in [-0.25, -0.2) is 4.79 Å². The van der Waals surface area contributed by atoms with E-state index in [-0.39, 0.29) is 17.9 Å². The molecule has 0 aliphatic carbocycles. The minimum atomic E-state index is -0.219. The Bertz CT molecular complexity index is 730. The van der Waals surface area contributed by atoms with Gasteiger partial charge in [0.2, 0.25) is 5.91 Å². The monoisotopic (exact) mass is 413 g/mol. The van der Waals surface area contributed by atoms with Gasteiger partial charge in [0.15, 0.2) is 0 Å². The Labute approximate surface area is 178 Å². The molecule has 0 aromatic heterocycles. The molecular formula is C22H31N5O3. The summed E-state index contributed by atoms with van der Waals surface area (Å²) < 4.78 is 5.38. The molecule has 2 aliphatic heterocycles. The van der Waals surface area contributed by atoms with Crippen molar-refractivity contribution in [3.8, 4) is 6.07 Å². The summed E-state index contributed by atoms with van der Waals surface area (Å²) in [6, 6.07) is 11.3. The highest BCUT2D eigenvalue weighted by Gasteiger charge is 2.31. The zero-order valence-corrected chi connectivity index (χ0v) is 17.5. The molecule has 0 bridgehead atoms. The Morgan fingerprint density at radius 3 is 2.67 bits per heavy atom. The van der Waals surface area contributed by atoms with Gasteiger partial charge in [-0.05, 0) is 25.0 Å². The standard InChI is InChI=1S/C22H31N5O3/c23-9-5-11-26(13-12-25-14-16-30-17-15-25)21(28)19-6-4-10-27(18-19)22(29)24-20-7-2-1-3-8-20/h1-3,7-8,19H,4-6,10-18H2,(H,24,29). The average molecular weight is 414 g/mol. The Hall–Kier alpha value is -2.63. The van der Waals surface area contributed by atoms with Crippen LogP contribution in [-0.2, 0) is 9.53 Å². The third-order valence-corrected chi connectivity index (χ3v) is 5.68. The predicted molar refractivity (Wildman–Crippen MR) is 114 cm³/mol. The number of ether oxygens (including phenoxy) is 1. The minimum Gasteiger partial charge on any atom is -0.379 e. The van der Waals surface area contributed by atoms with E-state index < -0.39 is 0 Å². The van der Waals surface area contributed by atoms with Crippen molar-refractivity contribution in [3.63, 3.8) is 0 Å². The number of nitrogens with zero attached hydrogens (tertiary/aromatic N) is 4. The number of morpholine rings is 1. The molecule has 2 aliphatic rings. The Morgan fingerprint density at radius 1 is 1.17 bits per heavy atom. The molecule has 0 saturated carbocycles. The average Bonchev–Trinajstić information content (AvgIpc) is 2.80. The van der Waals surface area contributed by atoms with Crippen LogP contribution in [0.1, 0.15) is 19.3 Å². The van der Waals surface area contributed by atoms with Gasteiger partial charge in [0, 0.05) is 51.5 Å². The molecule has 8 heteroatoms. The number of urea groups is 1. The summed E-state index contributed by atoms with van der Waals surface area (Å²) in [6.07, 6.45) is 1.89. The van der Waals surface area contributed by atoms with Crippen molar-refractivity contribution in [2.45, 2.75) is 19.3 Å². The molecule has 2 fully saturated rings. The van der Waals surface area contributed by atoms with Crippen LogP contribution in [-0.4, -0.2) is 85.7 Å². The second-order valence-electron chi connectivity index (χ2n) is 7.77. The van der Waals surface area contributed by atoms with E-state index in [9.17, 15) is 9.59 Å². The van der Waals surface area contributed by atoms with Gasteiger partial charge in [0.05, 0.1) is 31.6 Å². The van der Waals surface area contributed by atoms with Crippen LogP contribution in [0, 0.1) is 17.2 Å². The molecule has 0 spiro atoms. The summed E-state index contributed by atoms with van der Waals surface area (Å²) in [4.78, 5) is 31.7. The normalized spacial score (nSPS) is 19.7. The van der Waals surface area contributed by atoms with E-state index in [4.69, 9.17) is 10.00 Å². The number of carbonyl (C=O) groups excluding carboxylic acids is 2. The molecule has 1 N–H and O–H groups in total. The summed E-state index contributed by atoms with van der Waals surface area (Å²) in [5, 5.41) is 11.9. The highest BCUT2D eigenvalue weighted by molar-refractivity contribution is 5.90. The van der Waals surface area contributed by atoms with Gasteiger partial charge in [0.25, 0.3) is 0 Å². The van der Waals surface area contributed by atoms with Crippen LogP contribution >= 0.6 is 0 Å². The number of benzene rings is 1. The smallest absolute Gasteiger partial charge is 0.321 e. The predicted octanol–water partition coefficient (Wildman–Crippen LogP) is 2.00. The van der Waals surface area contributed by atoms with Crippen LogP contribution in [0.3, 0.4) is 0 Å². The fourth-order valence-electron chi connectivity index (χ4n) is 3.95. The number of carbonyl (C=O) groups is 2. The number of rotatable bonds is 7. The lowest BCUT2D eigenvalue weighted by Crippen LogP contribution is -2.50. The molecule has 0 radical (unpaired) electrons. The number of amides is 3. The van der Waals surface area contributed by atoms with Gasteiger partial charge >= 0.3 is 6.03 Å². The van der Waals surface area contributed by atoms with Gasteiger partial charge in [-0.1, -0.05) is 18.2 Å². The van der Waals surface area contributed by atoms with E-state index >= 15 is 0 Å². The number of hydrogen-bond donors (Lipinski definition) is 1. The molecule has 3 rings (SSSR count). The highest BCUT2D eigenvalue weighted by atomic mass is 16.5. The second kappa shape index (κ2) is 11.5. The SMILES string of the molecule is N#CCCN(CCN1CCOCC1)C(=O)C1CCCN(C(=O)Nc2ccccc2)C1. The van der Waals surface area contributed by atoms with Crippen LogP contribution in [0.2, 0.25) is 0 Å². The van der Waals surface area contributed by atoms with Crippen LogP contribution < -0.4 is 5.32 Å². The number of para-hydroxylation sites is 1. The van der Waals surface area contributed by atoms with E-state index in [2.05, 4.69) is 16.3 Å². The summed E-state index contributed by atoms with van der Waals surface area (Å²) in [5.41, 5.74) is 0.747. The topological polar surface area (TPSA) is 88.9 Å². The lowest BCUT2D eigenvalue weighted by atomic mass is 9.96. The van der Waals surface area contributed by atoms with E-state index in [1.54, 1.807) is 4.90 Å². The van der Waals surface area contributed by atoms with Crippen LogP contribution in [0.15, 0.2) is 30.3 Å². The summed E-state index contributed by atoms with van der Waals surface area (Å²) >= 11 is 0. The lowest BCUT2D eigenvalue weighted by Gasteiger charge is -2.36. The van der Waals surface area contributed by atoms with Crippen LogP contribution in [0.4, 0.5) is 10.5 Å². The second-order valence-corrected chi connectivity index (χ2v) is 7.77. The molecule has 1 aromatic carbocycles. The number of piperidine rings is 1. The first kappa shape index (κ1) is 22.1. The van der Waals surface area contributed by atoms with E-state index in [0.717, 1.165) is 51.4 Å². The molecule has 2 saturated heterocycles. The summed E-state index contributed by atoms with van der Waals surface area (Å²) in [5.74, 6) is -0.167. The van der Waals surface area contributed by atoms with E-state index in [1.807, 2.05) is 35.2 Å². The van der Waals surface area contributed by atoms with Crippen molar-refractivity contribution in [1.82, 2.24) is 14.7 Å². The third-order valence-electron chi connectivity index (χ3n) is 5.68. The maximum absolute atomic E-state index is 13.2. The van der Waals surface area contributed by atoms with Crippen molar-refractivity contribution in [2.75, 3.05) is 64.3 Å². The van der Waals surface area contributed by atoms with Crippen molar-refractivity contribution < 1.29 is 14.3 Å². The Kier molecular flexibility index (Phi) is 8.48. The van der Waals surface area contributed by atoms with Gasteiger partial charge in [0.1, 0.15) is 0 Å². The highest BCUT2D eigenvalue weighted by Crippen LogP contribution is 2.20. The largest absolute Gasteiger partial charge is 0.379 e. The van der Waals surface area contributed by atoms with E-state index in [1.165, 1.54) is 0 Å². The van der Waals surface area contributed by atoms with Crippen molar-refractivity contribution >= 4 is 17.6 Å². The molecule has 1 aromatic rings. The van der Waals surface area contributed by atoms with Gasteiger partial charge in [-0.2, -0.15) is 5.26 Å². The fraction of sp³-hybridized carbons (Fsp3) is 0.591. The van der Waals surface area contributed by atoms with Gasteiger partial charge in [-0.3, -0.25) is 9.69 Å². The summed E-state index contributed by atoms with van der Waals surface area (Å²) in [7, 11) is 0. The quantitative estimate of drug-likeness (QED) is 0.739. The van der Waals surface area contributed by atoms with Crippen LogP contribution in [0.5, 0.6) is 0 Å². The molecule has 1 unspecified atom stereocenters. The molecular weight excluding hydrogens is 382 g/mol. The first-order valence-electron chi connectivity index (χ1n) is 10.7. The van der Waals surface area contributed by atoms with E-state index in [0.29, 0.717) is 32.6 Å². The number of nitriles is 1. The fourth-order valence-corrected chi connectivity index (χ4v) is 3.95. The number of hydrogen-bond acceptors (Lipinski definition) is 5. The maximum Gasteiger partial charge on any atom is 0.321 e. The number of likely N-dealkylation sites (tertiary alicyclic amines) is 1. The zero-order chi connectivity index (χ0) is 21.2. The molecule has 8 nitrogen and oxygen atoms in total. The minimum absolute atomic E-state index is 0.0516. The number of nitrogens with one attached hydrogen (secondary N) is 1. The van der Waals surface area contributed by atoms with Gasteiger partial charge < -0.3 is 19.9 Å². The first-order valence-corrected chi connectivity index (χ1v) is 10.7. The molecule has 162 valence electrons. The molecule has 1 atom stereocenters. The number of anilines is 1. The first-order chi connectivity index (χ1) is 14.7. The van der Waals surface area contributed by atoms with Crippen molar-refractivity contribution in [3.05, 3.63) is 30.3 Å². The van der Waals surface area contributed by atoms with Crippen molar-refractivity contribution in [2.24, 2.45) is 5.92 Å². The molecule has 2 heterocycles. The zero-order valence-electron chi connectivity index (χ0n) is 17.5. The van der Waals surface area contributed by atoms with Crippen LogP contribution in [0.25, 0.3) is 0 Å². The molecule has 30 heavy (non-hydrogen) atoms. The van der Waals surface area contributed by atoms with Gasteiger partial charge in [-0.15, -0.1) is 0 Å².